The molecule has 0 saturated carbocycles. The molecule has 0 bridgehead atoms. The smallest absolute Gasteiger partial charge is 0.334 e. The monoisotopic (exact) mass is 496 g/mol. The SMILES string of the molecule is COC(=O)Cc1sc(Cl)c(N(Cc2cccnc2)C(=O)C2=C(C(=O)OC)CCCC2)c1Cl. The van der Waals surface area contributed by atoms with E-state index in [4.69, 9.17) is 32.7 Å². The van der Waals surface area contributed by atoms with E-state index < -0.39 is 11.9 Å². The fourth-order valence-electron chi connectivity index (χ4n) is 3.54. The fourth-order valence-corrected chi connectivity index (χ4v) is 5.40. The minimum Gasteiger partial charge on any atom is -0.469 e. The lowest BCUT2D eigenvalue weighted by Gasteiger charge is -2.27. The summed E-state index contributed by atoms with van der Waals surface area (Å²) in [6.45, 7) is 0.137. The summed E-state index contributed by atoms with van der Waals surface area (Å²) in [5, 5.41) is 0.207. The first-order valence-corrected chi connectivity index (χ1v) is 11.5. The number of anilines is 1. The van der Waals surface area contributed by atoms with Crippen LogP contribution in [0.3, 0.4) is 0 Å². The summed E-state index contributed by atoms with van der Waals surface area (Å²) < 4.78 is 9.90. The zero-order chi connectivity index (χ0) is 23.3. The van der Waals surface area contributed by atoms with E-state index in [1.165, 1.54) is 19.1 Å². The maximum atomic E-state index is 13.8. The van der Waals surface area contributed by atoms with Crippen molar-refractivity contribution in [1.29, 1.82) is 0 Å². The third kappa shape index (κ3) is 5.31. The van der Waals surface area contributed by atoms with Crippen LogP contribution in [0, 0.1) is 0 Å². The maximum absolute atomic E-state index is 13.8. The molecule has 2 heterocycles. The van der Waals surface area contributed by atoms with Crippen LogP contribution in [0.5, 0.6) is 0 Å². The molecule has 10 heteroatoms. The van der Waals surface area contributed by atoms with Crippen LogP contribution in [-0.4, -0.2) is 37.0 Å². The molecule has 2 aromatic rings. The summed E-state index contributed by atoms with van der Waals surface area (Å²) >= 11 is 14.2. The predicted octanol–water partition coefficient (Wildman–Crippen LogP) is 4.74. The molecule has 1 aliphatic rings. The molecule has 0 aromatic carbocycles. The lowest BCUT2D eigenvalue weighted by atomic mass is 9.90. The van der Waals surface area contributed by atoms with E-state index in [1.807, 2.05) is 6.07 Å². The predicted molar refractivity (Wildman–Crippen MR) is 123 cm³/mol. The van der Waals surface area contributed by atoms with Crippen molar-refractivity contribution in [3.63, 3.8) is 0 Å². The van der Waals surface area contributed by atoms with Crippen LogP contribution in [0.25, 0.3) is 0 Å². The molecule has 0 atom stereocenters. The molecule has 0 radical (unpaired) electrons. The van der Waals surface area contributed by atoms with E-state index in [0.29, 0.717) is 34.6 Å². The number of halogens is 2. The number of aromatic nitrogens is 1. The second kappa shape index (κ2) is 10.9. The van der Waals surface area contributed by atoms with Gasteiger partial charge in [-0.3, -0.25) is 14.6 Å². The Bertz CT molecular complexity index is 1050. The van der Waals surface area contributed by atoms with E-state index in [9.17, 15) is 14.4 Å². The van der Waals surface area contributed by atoms with E-state index >= 15 is 0 Å². The Morgan fingerprint density at radius 1 is 1.12 bits per heavy atom. The van der Waals surface area contributed by atoms with Crippen LogP contribution >= 0.6 is 34.5 Å². The Hall–Kier alpha value is -2.42. The van der Waals surface area contributed by atoms with Gasteiger partial charge in [0, 0.05) is 28.4 Å². The molecule has 2 aromatic heterocycles. The van der Waals surface area contributed by atoms with Gasteiger partial charge in [-0.05, 0) is 37.3 Å². The molecule has 0 saturated heterocycles. The Morgan fingerprint density at radius 3 is 2.47 bits per heavy atom. The third-order valence-corrected chi connectivity index (χ3v) is 7.02. The quantitative estimate of drug-likeness (QED) is 0.514. The topological polar surface area (TPSA) is 85.8 Å². The van der Waals surface area contributed by atoms with Gasteiger partial charge in [0.2, 0.25) is 0 Å². The van der Waals surface area contributed by atoms with Crippen molar-refractivity contribution in [2.24, 2.45) is 0 Å². The van der Waals surface area contributed by atoms with Gasteiger partial charge >= 0.3 is 11.9 Å². The van der Waals surface area contributed by atoms with Crippen LogP contribution in [0.4, 0.5) is 5.69 Å². The Labute approximate surface area is 199 Å². The van der Waals surface area contributed by atoms with Gasteiger partial charge in [0.25, 0.3) is 5.91 Å². The Balaban J connectivity index is 2.09. The highest BCUT2D eigenvalue weighted by atomic mass is 35.5. The van der Waals surface area contributed by atoms with Crippen LogP contribution in [0.15, 0.2) is 35.7 Å². The van der Waals surface area contributed by atoms with E-state index in [0.717, 1.165) is 29.7 Å². The van der Waals surface area contributed by atoms with Crippen molar-refractivity contribution >= 4 is 58.1 Å². The molecule has 3 rings (SSSR count). The van der Waals surface area contributed by atoms with Gasteiger partial charge in [-0.15, -0.1) is 11.3 Å². The van der Waals surface area contributed by atoms with E-state index in [1.54, 1.807) is 18.5 Å². The van der Waals surface area contributed by atoms with Crippen molar-refractivity contribution in [3.05, 3.63) is 55.5 Å². The standard InChI is InChI=1S/C22H22Cl2N2O5S/c1-30-17(27)10-16-18(23)19(20(24)32-16)26(12-13-6-5-9-25-11-13)21(28)14-7-3-4-8-15(14)22(29)31-2/h5-6,9,11H,3-4,7-8,10,12H2,1-2H3. The number of hydrogen-bond donors (Lipinski definition) is 0. The van der Waals surface area contributed by atoms with Gasteiger partial charge in [-0.2, -0.15) is 0 Å². The summed E-state index contributed by atoms with van der Waals surface area (Å²) in [7, 11) is 2.58. The van der Waals surface area contributed by atoms with Gasteiger partial charge in [0.05, 0.1) is 37.9 Å². The summed E-state index contributed by atoms with van der Waals surface area (Å²) in [5.74, 6) is -1.35. The van der Waals surface area contributed by atoms with E-state index in [-0.39, 0.29) is 28.2 Å². The number of esters is 2. The van der Waals surface area contributed by atoms with Crippen molar-refractivity contribution in [2.75, 3.05) is 19.1 Å². The van der Waals surface area contributed by atoms with Crippen LogP contribution < -0.4 is 4.90 Å². The molecule has 0 aliphatic heterocycles. The maximum Gasteiger partial charge on any atom is 0.334 e. The number of carbonyl (C=O) groups excluding carboxylic acids is 3. The molecule has 0 unspecified atom stereocenters. The van der Waals surface area contributed by atoms with Crippen LogP contribution in [-0.2, 0) is 36.8 Å². The highest BCUT2D eigenvalue weighted by molar-refractivity contribution is 7.17. The summed E-state index contributed by atoms with van der Waals surface area (Å²) in [6, 6.07) is 3.59. The lowest BCUT2D eigenvalue weighted by Crippen LogP contribution is -2.34. The van der Waals surface area contributed by atoms with Gasteiger partial charge in [-0.1, -0.05) is 29.3 Å². The first kappa shape index (κ1) is 24.2. The number of rotatable bonds is 7. The second-order valence-electron chi connectivity index (χ2n) is 7.12. The largest absolute Gasteiger partial charge is 0.469 e. The van der Waals surface area contributed by atoms with Crippen LogP contribution in [0.2, 0.25) is 9.36 Å². The molecular weight excluding hydrogens is 475 g/mol. The number of nitrogens with zero attached hydrogens (tertiary/aromatic N) is 2. The van der Waals surface area contributed by atoms with Crippen molar-refractivity contribution in [3.8, 4) is 0 Å². The number of carbonyl (C=O) groups is 3. The number of amides is 1. The lowest BCUT2D eigenvalue weighted by molar-refractivity contribution is -0.139. The molecule has 0 N–H and O–H groups in total. The first-order valence-electron chi connectivity index (χ1n) is 9.91. The van der Waals surface area contributed by atoms with Crippen LogP contribution in [0.1, 0.15) is 36.1 Å². The normalized spacial score (nSPS) is 13.6. The molecule has 7 nitrogen and oxygen atoms in total. The number of ether oxygens (including phenoxy) is 2. The third-order valence-electron chi connectivity index (χ3n) is 5.12. The molecule has 0 fully saturated rings. The Kier molecular flexibility index (Phi) is 8.28. The molecular formula is C22H22Cl2N2O5S. The number of hydrogen-bond acceptors (Lipinski definition) is 7. The summed E-state index contributed by atoms with van der Waals surface area (Å²) in [5.41, 5.74) is 1.81. The van der Waals surface area contributed by atoms with Crippen molar-refractivity contribution in [2.45, 2.75) is 38.6 Å². The number of pyridine rings is 1. The molecule has 0 spiro atoms. The Morgan fingerprint density at radius 2 is 1.84 bits per heavy atom. The van der Waals surface area contributed by atoms with Crippen molar-refractivity contribution in [1.82, 2.24) is 4.98 Å². The number of thiophene rings is 1. The average molecular weight is 497 g/mol. The van der Waals surface area contributed by atoms with E-state index in [2.05, 4.69) is 4.98 Å². The highest BCUT2D eigenvalue weighted by Crippen LogP contribution is 2.45. The van der Waals surface area contributed by atoms with Gasteiger partial charge in [0.1, 0.15) is 4.34 Å². The minimum absolute atomic E-state index is 0.0647. The zero-order valence-electron chi connectivity index (χ0n) is 17.7. The fraction of sp³-hybridized carbons (Fsp3) is 0.364. The van der Waals surface area contributed by atoms with Gasteiger partial charge < -0.3 is 14.4 Å². The molecule has 1 amide bonds. The van der Waals surface area contributed by atoms with Crippen molar-refractivity contribution < 1.29 is 23.9 Å². The first-order chi connectivity index (χ1) is 15.4. The molecule has 1 aliphatic carbocycles. The summed E-state index contributed by atoms with van der Waals surface area (Å²) in [6.07, 6.45) is 5.70. The molecule has 32 heavy (non-hydrogen) atoms. The average Bonchev–Trinajstić information content (AvgIpc) is 3.09. The highest BCUT2D eigenvalue weighted by Gasteiger charge is 2.32. The second-order valence-corrected chi connectivity index (χ2v) is 9.21. The number of methoxy groups -OCH3 is 2. The zero-order valence-corrected chi connectivity index (χ0v) is 20.0. The summed E-state index contributed by atoms with van der Waals surface area (Å²) in [4.78, 5) is 43.9. The molecule has 170 valence electrons. The minimum atomic E-state index is -0.511. The van der Waals surface area contributed by atoms with Gasteiger partial charge in [-0.25, -0.2) is 4.79 Å². The van der Waals surface area contributed by atoms with Gasteiger partial charge in [0.15, 0.2) is 0 Å².